The molecular weight excluding hydrogens is 733 g/mol. The van der Waals surface area contributed by atoms with Gasteiger partial charge < -0.3 is 10.1 Å². The van der Waals surface area contributed by atoms with Crippen molar-refractivity contribution in [3.8, 4) is 57.1 Å². The standard InChI is InChI=1S/C50H32N6OS/c51-29-35-16-7-8-17-36(35)30-22-24-33(25-23-30)48-54-47(32-14-5-2-6-15-32)55-50(56-48)39-19-11-20-40-43(39)37-27-26-34(28-41(37)57-40)49-52-44(31-12-3-1-4-13-31)46-45(53-49)38-18-9-10-21-42(38)58-46/h1-27,41,44H,28H2,(H,52,53). The van der Waals surface area contributed by atoms with Gasteiger partial charge in [-0.3, -0.25) is 0 Å². The molecule has 0 saturated heterocycles. The average Bonchev–Trinajstić information content (AvgIpc) is 3.87. The molecule has 8 heteroatoms. The Kier molecular flexibility index (Phi) is 8.12. The number of hydrogen-bond acceptors (Lipinski definition) is 8. The molecule has 2 aromatic heterocycles. The van der Waals surface area contributed by atoms with E-state index in [1.807, 2.05) is 91.0 Å². The maximum Gasteiger partial charge on any atom is 0.164 e. The number of fused-ring (bicyclic) bond motifs is 6. The van der Waals surface area contributed by atoms with E-state index in [1.165, 1.54) is 20.5 Å². The Morgan fingerprint density at radius 1 is 0.638 bits per heavy atom. The van der Waals surface area contributed by atoms with Crippen LogP contribution in [-0.2, 0) is 0 Å². The average molecular weight is 765 g/mol. The molecule has 0 spiro atoms. The molecule has 2 aliphatic heterocycles. The molecule has 0 fully saturated rings. The van der Waals surface area contributed by atoms with Gasteiger partial charge in [0.15, 0.2) is 17.5 Å². The minimum Gasteiger partial charge on any atom is -0.485 e. The second-order valence-corrected chi connectivity index (χ2v) is 15.6. The van der Waals surface area contributed by atoms with Gasteiger partial charge in [-0.1, -0.05) is 146 Å². The van der Waals surface area contributed by atoms with Gasteiger partial charge in [0, 0.05) is 44.3 Å². The van der Waals surface area contributed by atoms with Crippen molar-refractivity contribution >= 4 is 38.5 Å². The zero-order valence-corrected chi connectivity index (χ0v) is 31.8. The van der Waals surface area contributed by atoms with E-state index in [1.54, 1.807) is 11.3 Å². The molecule has 0 radical (unpaired) electrons. The summed E-state index contributed by atoms with van der Waals surface area (Å²) in [6, 6.07) is 53.2. The molecule has 2 atom stereocenters. The Labute approximate surface area is 339 Å². The van der Waals surface area contributed by atoms with Crippen molar-refractivity contribution in [2.45, 2.75) is 18.6 Å². The summed E-state index contributed by atoms with van der Waals surface area (Å²) in [5.41, 5.74) is 10.5. The Morgan fingerprint density at radius 2 is 1.31 bits per heavy atom. The number of aromatic nitrogens is 3. The highest BCUT2D eigenvalue weighted by molar-refractivity contribution is 7.19. The molecule has 58 heavy (non-hydrogen) atoms. The third-order valence-electron chi connectivity index (χ3n) is 11.0. The smallest absolute Gasteiger partial charge is 0.164 e. The molecule has 6 aromatic carbocycles. The molecule has 4 heterocycles. The zero-order valence-electron chi connectivity index (χ0n) is 31.0. The summed E-state index contributed by atoms with van der Waals surface area (Å²) in [6.45, 7) is 0. The summed E-state index contributed by atoms with van der Waals surface area (Å²) in [5.74, 6) is 3.39. The monoisotopic (exact) mass is 764 g/mol. The van der Waals surface area contributed by atoms with E-state index >= 15 is 0 Å². The summed E-state index contributed by atoms with van der Waals surface area (Å²) in [7, 11) is 0. The van der Waals surface area contributed by atoms with Crippen LogP contribution in [0.5, 0.6) is 5.75 Å². The Hall–Kier alpha value is -7.47. The molecule has 2 unspecified atom stereocenters. The molecule has 274 valence electrons. The summed E-state index contributed by atoms with van der Waals surface area (Å²) in [4.78, 5) is 21.7. The van der Waals surface area contributed by atoms with Gasteiger partial charge in [-0.05, 0) is 40.5 Å². The van der Waals surface area contributed by atoms with Crippen LogP contribution in [-0.4, -0.2) is 26.9 Å². The van der Waals surface area contributed by atoms with Crippen molar-refractivity contribution in [3.05, 3.63) is 191 Å². The van der Waals surface area contributed by atoms with Crippen molar-refractivity contribution < 1.29 is 4.74 Å². The van der Waals surface area contributed by atoms with E-state index in [2.05, 4.69) is 84.2 Å². The predicted molar refractivity (Wildman–Crippen MR) is 232 cm³/mol. The number of allylic oxidation sites excluding steroid dienone is 2. The SMILES string of the molecule is N#Cc1ccccc1-c1ccc(-c2nc(-c3ccccc3)nc(-c3cccc4c3C3=CC=C(C5=Nc6c(sc7ccccc67)C(c6ccccc6)N5)CC3O4)n2)cc1. The molecule has 0 saturated carbocycles. The highest BCUT2D eigenvalue weighted by Gasteiger charge is 2.37. The first kappa shape index (κ1) is 33.8. The molecule has 0 bridgehead atoms. The van der Waals surface area contributed by atoms with E-state index in [4.69, 9.17) is 24.7 Å². The Morgan fingerprint density at radius 3 is 2.12 bits per heavy atom. The lowest BCUT2D eigenvalue weighted by Gasteiger charge is -2.28. The Balaban J connectivity index is 0.988. The fourth-order valence-corrected chi connectivity index (χ4v) is 9.42. The van der Waals surface area contributed by atoms with E-state index in [-0.39, 0.29) is 12.1 Å². The lowest BCUT2D eigenvalue weighted by atomic mass is 9.88. The van der Waals surface area contributed by atoms with Crippen LogP contribution in [0.15, 0.2) is 174 Å². The van der Waals surface area contributed by atoms with Crippen LogP contribution in [0.2, 0.25) is 0 Å². The van der Waals surface area contributed by atoms with E-state index in [0.717, 1.165) is 61.8 Å². The topological polar surface area (TPSA) is 96.1 Å². The summed E-state index contributed by atoms with van der Waals surface area (Å²) < 4.78 is 7.98. The van der Waals surface area contributed by atoms with Gasteiger partial charge in [-0.25, -0.2) is 19.9 Å². The molecular formula is C50H32N6OS. The van der Waals surface area contributed by atoms with Gasteiger partial charge in [0.2, 0.25) is 0 Å². The fraction of sp³-hybridized carbons (Fsp3) is 0.0600. The lowest BCUT2D eigenvalue weighted by molar-refractivity contribution is 0.277. The fourth-order valence-electron chi connectivity index (χ4n) is 8.19. The van der Waals surface area contributed by atoms with Crippen LogP contribution in [0.3, 0.4) is 0 Å². The zero-order chi connectivity index (χ0) is 38.6. The van der Waals surface area contributed by atoms with Crippen LogP contribution in [0.1, 0.15) is 34.0 Å². The number of amidine groups is 1. The first-order valence-corrected chi connectivity index (χ1v) is 20.0. The van der Waals surface area contributed by atoms with Crippen molar-refractivity contribution in [2.24, 2.45) is 4.99 Å². The predicted octanol–water partition coefficient (Wildman–Crippen LogP) is 11.5. The molecule has 1 N–H and O–H groups in total. The first-order chi connectivity index (χ1) is 28.7. The van der Waals surface area contributed by atoms with E-state index in [9.17, 15) is 5.26 Å². The number of hydrogen-bond donors (Lipinski definition) is 1. The molecule has 11 rings (SSSR count). The van der Waals surface area contributed by atoms with Gasteiger partial charge in [-0.15, -0.1) is 11.3 Å². The van der Waals surface area contributed by atoms with Crippen LogP contribution in [0.4, 0.5) is 5.69 Å². The molecule has 1 aliphatic carbocycles. The third-order valence-corrected chi connectivity index (χ3v) is 12.2. The molecule has 7 nitrogen and oxygen atoms in total. The largest absolute Gasteiger partial charge is 0.485 e. The van der Waals surface area contributed by atoms with Gasteiger partial charge in [0.25, 0.3) is 0 Å². The van der Waals surface area contributed by atoms with Gasteiger partial charge >= 0.3 is 0 Å². The van der Waals surface area contributed by atoms with Crippen LogP contribution in [0.25, 0.3) is 60.9 Å². The van der Waals surface area contributed by atoms with Gasteiger partial charge in [0.1, 0.15) is 17.7 Å². The maximum absolute atomic E-state index is 9.71. The number of thiophene rings is 1. The van der Waals surface area contributed by atoms with Crippen LogP contribution >= 0.6 is 11.3 Å². The van der Waals surface area contributed by atoms with Crippen LogP contribution in [0, 0.1) is 11.3 Å². The third kappa shape index (κ3) is 5.80. The van der Waals surface area contributed by atoms with Crippen molar-refractivity contribution in [1.29, 1.82) is 5.26 Å². The lowest BCUT2D eigenvalue weighted by Crippen LogP contribution is -2.34. The first-order valence-electron chi connectivity index (χ1n) is 19.2. The summed E-state index contributed by atoms with van der Waals surface area (Å²) >= 11 is 1.81. The van der Waals surface area contributed by atoms with Crippen molar-refractivity contribution in [2.75, 3.05) is 0 Å². The summed E-state index contributed by atoms with van der Waals surface area (Å²) in [5, 5.41) is 14.7. The minimum absolute atomic E-state index is 0.0120. The number of aliphatic imine (C=N–C) groups is 1. The molecule has 0 amide bonds. The number of benzene rings is 6. The Bertz CT molecular complexity index is 3050. The minimum atomic E-state index is -0.199. The summed E-state index contributed by atoms with van der Waals surface area (Å²) in [6.07, 6.45) is 4.83. The van der Waals surface area contributed by atoms with Crippen molar-refractivity contribution in [1.82, 2.24) is 20.3 Å². The number of nitrogens with zero attached hydrogens (tertiary/aromatic N) is 5. The number of ether oxygens (including phenoxy) is 1. The highest BCUT2D eigenvalue weighted by atomic mass is 32.1. The maximum atomic E-state index is 9.71. The number of rotatable bonds is 6. The van der Waals surface area contributed by atoms with Crippen LogP contribution < -0.4 is 10.1 Å². The van der Waals surface area contributed by atoms with E-state index < -0.39 is 0 Å². The highest BCUT2D eigenvalue weighted by Crippen LogP contribution is 2.49. The second-order valence-electron chi connectivity index (χ2n) is 14.5. The number of nitrogens with one attached hydrogen (secondary N) is 1. The van der Waals surface area contributed by atoms with Gasteiger partial charge in [-0.2, -0.15) is 5.26 Å². The number of nitriles is 1. The van der Waals surface area contributed by atoms with Crippen molar-refractivity contribution in [3.63, 3.8) is 0 Å². The quantitative estimate of drug-likeness (QED) is 0.181. The molecule has 8 aromatic rings. The molecule has 3 aliphatic rings. The van der Waals surface area contributed by atoms with E-state index in [0.29, 0.717) is 29.5 Å². The second kappa shape index (κ2) is 13.9. The normalized spacial score (nSPS) is 16.4. The van der Waals surface area contributed by atoms with Gasteiger partial charge in [0.05, 0.1) is 28.2 Å².